The zero-order valence-electron chi connectivity index (χ0n) is 11.3. The van der Waals surface area contributed by atoms with Crippen molar-refractivity contribution in [2.24, 2.45) is 0 Å². The fourth-order valence-corrected chi connectivity index (χ4v) is 2.67. The van der Waals surface area contributed by atoms with E-state index < -0.39 is 0 Å². The van der Waals surface area contributed by atoms with Gasteiger partial charge in [-0.15, -0.1) is 0 Å². The van der Waals surface area contributed by atoms with Gasteiger partial charge in [-0.05, 0) is 36.8 Å². The highest BCUT2D eigenvalue weighted by Crippen LogP contribution is 2.33. The summed E-state index contributed by atoms with van der Waals surface area (Å²) in [6.45, 7) is 2.97. The van der Waals surface area contributed by atoms with Crippen LogP contribution < -0.4 is 0 Å². The Hall–Kier alpha value is -1.64. The van der Waals surface area contributed by atoms with Crippen molar-refractivity contribution in [2.45, 2.75) is 19.0 Å². The van der Waals surface area contributed by atoms with E-state index in [1.54, 1.807) is 24.3 Å². The molecule has 102 valence electrons. The van der Waals surface area contributed by atoms with E-state index in [4.69, 9.17) is 11.6 Å². The smallest absolute Gasteiger partial charge is 0.181 e. The molecule has 1 unspecified atom stereocenters. The highest BCUT2D eigenvalue weighted by Gasteiger charge is 2.43. The van der Waals surface area contributed by atoms with Crippen molar-refractivity contribution in [3.05, 3.63) is 70.7 Å². The first kappa shape index (κ1) is 13.3. The van der Waals surface area contributed by atoms with Crippen molar-refractivity contribution in [3.63, 3.8) is 0 Å². The molecule has 0 N–H and O–H groups in total. The lowest BCUT2D eigenvalue weighted by Crippen LogP contribution is -2.16. The molecule has 1 heterocycles. The van der Waals surface area contributed by atoms with Gasteiger partial charge in [0, 0.05) is 23.2 Å². The normalized spacial score (nSPS) is 22.3. The number of hydrogen-bond donors (Lipinski definition) is 0. The third-order valence-corrected chi connectivity index (χ3v) is 4.11. The minimum absolute atomic E-state index is 0.00591. The van der Waals surface area contributed by atoms with Gasteiger partial charge in [-0.25, -0.2) is 0 Å². The molecule has 2 aromatic carbocycles. The molecule has 0 spiro atoms. The standard InChI is InChI=1S/C17H16ClNO/c1-12(13-5-3-2-4-6-13)19-11-16(19)17(20)14-7-9-15(18)10-8-14/h2-10,12,16H,11H2,1H3/t12-,16+,19?/m1/s1. The molecule has 3 atom stereocenters. The Bertz CT molecular complexity index is 609. The minimum atomic E-state index is 0.00591. The van der Waals surface area contributed by atoms with Gasteiger partial charge < -0.3 is 0 Å². The number of carbonyl (C=O) groups excluding carboxylic acids is 1. The van der Waals surface area contributed by atoms with Crippen molar-refractivity contribution in [2.75, 3.05) is 6.54 Å². The second-order valence-electron chi connectivity index (χ2n) is 5.17. The van der Waals surface area contributed by atoms with E-state index in [9.17, 15) is 4.79 Å². The number of Topliss-reactive ketones (excluding diaryl/α,β-unsaturated/α-hetero) is 1. The van der Waals surface area contributed by atoms with Crippen LogP contribution in [0.1, 0.15) is 28.9 Å². The number of carbonyl (C=O) groups is 1. The molecule has 0 radical (unpaired) electrons. The van der Waals surface area contributed by atoms with E-state index in [0.717, 1.165) is 12.1 Å². The zero-order chi connectivity index (χ0) is 14.1. The summed E-state index contributed by atoms with van der Waals surface area (Å²) in [5, 5.41) is 0.659. The number of hydrogen-bond acceptors (Lipinski definition) is 2. The summed E-state index contributed by atoms with van der Waals surface area (Å²) in [5.41, 5.74) is 1.99. The first-order valence-corrected chi connectivity index (χ1v) is 7.15. The SMILES string of the molecule is C[C@H](c1ccccc1)N1C[C@H]1C(=O)c1ccc(Cl)cc1. The minimum Gasteiger partial charge on any atom is -0.292 e. The zero-order valence-corrected chi connectivity index (χ0v) is 12.0. The van der Waals surface area contributed by atoms with Gasteiger partial charge >= 0.3 is 0 Å². The summed E-state index contributed by atoms with van der Waals surface area (Å²) in [6.07, 6.45) is 0. The molecule has 20 heavy (non-hydrogen) atoms. The Labute approximate surface area is 124 Å². The third-order valence-electron chi connectivity index (χ3n) is 3.86. The molecule has 2 nitrogen and oxygen atoms in total. The van der Waals surface area contributed by atoms with Crippen molar-refractivity contribution in [1.29, 1.82) is 0 Å². The van der Waals surface area contributed by atoms with E-state index in [-0.39, 0.29) is 17.9 Å². The Kier molecular flexibility index (Phi) is 3.60. The van der Waals surface area contributed by atoms with Crippen LogP contribution in [0.3, 0.4) is 0 Å². The summed E-state index contributed by atoms with van der Waals surface area (Å²) in [5.74, 6) is 0.185. The van der Waals surface area contributed by atoms with E-state index in [1.165, 1.54) is 5.56 Å². The number of rotatable bonds is 4. The molecule has 1 aliphatic heterocycles. The van der Waals surface area contributed by atoms with Crippen LogP contribution in [-0.4, -0.2) is 23.3 Å². The first-order chi connectivity index (χ1) is 9.66. The van der Waals surface area contributed by atoms with Crippen LogP contribution in [0.4, 0.5) is 0 Å². The maximum atomic E-state index is 12.4. The predicted octanol–water partition coefficient (Wildman–Crippen LogP) is 3.97. The highest BCUT2D eigenvalue weighted by atomic mass is 35.5. The fraction of sp³-hybridized carbons (Fsp3) is 0.235. The number of nitrogens with zero attached hydrogens (tertiary/aromatic N) is 1. The van der Waals surface area contributed by atoms with Crippen LogP contribution in [0.25, 0.3) is 0 Å². The molecule has 0 aliphatic carbocycles. The first-order valence-electron chi connectivity index (χ1n) is 6.77. The van der Waals surface area contributed by atoms with Crippen LogP contribution in [0, 0.1) is 0 Å². The Morgan fingerprint density at radius 1 is 1.15 bits per heavy atom. The summed E-state index contributed by atoms with van der Waals surface area (Å²) >= 11 is 5.85. The molecule has 0 aromatic heterocycles. The van der Waals surface area contributed by atoms with Crippen LogP contribution in [0.2, 0.25) is 5.02 Å². The fourth-order valence-electron chi connectivity index (χ4n) is 2.54. The number of benzene rings is 2. The molecule has 1 aliphatic rings. The van der Waals surface area contributed by atoms with E-state index >= 15 is 0 Å². The Balaban J connectivity index is 1.70. The summed E-state index contributed by atoms with van der Waals surface area (Å²) < 4.78 is 0. The van der Waals surface area contributed by atoms with Gasteiger partial charge in [-0.3, -0.25) is 9.69 Å². The molecule has 0 amide bonds. The van der Waals surface area contributed by atoms with Gasteiger partial charge in [0.1, 0.15) is 0 Å². The summed E-state index contributed by atoms with van der Waals surface area (Å²) in [7, 11) is 0. The van der Waals surface area contributed by atoms with Gasteiger partial charge in [0.2, 0.25) is 0 Å². The number of ketones is 1. The molecule has 3 heteroatoms. The van der Waals surface area contributed by atoms with E-state index in [0.29, 0.717) is 5.02 Å². The third kappa shape index (κ3) is 2.62. The van der Waals surface area contributed by atoms with Gasteiger partial charge in [0.05, 0.1) is 6.04 Å². The van der Waals surface area contributed by atoms with E-state index in [1.807, 2.05) is 18.2 Å². The Morgan fingerprint density at radius 2 is 1.80 bits per heavy atom. The average molecular weight is 286 g/mol. The molecule has 0 bridgehead atoms. The molecule has 0 saturated carbocycles. The largest absolute Gasteiger partial charge is 0.292 e. The molecule has 1 fully saturated rings. The van der Waals surface area contributed by atoms with Crippen LogP contribution in [-0.2, 0) is 0 Å². The lowest BCUT2D eigenvalue weighted by molar-refractivity contribution is 0.0969. The van der Waals surface area contributed by atoms with Crippen molar-refractivity contribution in [3.8, 4) is 0 Å². The van der Waals surface area contributed by atoms with Crippen LogP contribution >= 0.6 is 11.6 Å². The van der Waals surface area contributed by atoms with Crippen molar-refractivity contribution >= 4 is 17.4 Å². The molecule has 2 aromatic rings. The second kappa shape index (κ2) is 5.39. The Morgan fingerprint density at radius 3 is 2.45 bits per heavy atom. The van der Waals surface area contributed by atoms with Gasteiger partial charge in [-0.1, -0.05) is 41.9 Å². The summed E-state index contributed by atoms with van der Waals surface area (Å²) in [6, 6.07) is 17.7. The lowest BCUT2D eigenvalue weighted by Gasteiger charge is -2.14. The molecule has 1 saturated heterocycles. The topological polar surface area (TPSA) is 20.1 Å². The quantitative estimate of drug-likeness (QED) is 0.626. The monoisotopic (exact) mass is 285 g/mol. The van der Waals surface area contributed by atoms with Crippen molar-refractivity contribution < 1.29 is 4.79 Å². The molecular formula is C17H16ClNO. The molecule has 3 rings (SSSR count). The molecular weight excluding hydrogens is 270 g/mol. The second-order valence-corrected chi connectivity index (χ2v) is 5.61. The van der Waals surface area contributed by atoms with Crippen LogP contribution in [0.15, 0.2) is 54.6 Å². The van der Waals surface area contributed by atoms with Gasteiger partial charge in [0.25, 0.3) is 0 Å². The number of halogens is 1. The van der Waals surface area contributed by atoms with Gasteiger partial charge in [0.15, 0.2) is 5.78 Å². The van der Waals surface area contributed by atoms with E-state index in [2.05, 4.69) is 24.0 Å². The maximum absolute atomic E-state index is 12.4. The summed E-state index contributed by atoms with van der Waals surface area (Å²) in [4.78, 5) is 14.6. The van der Waals surface area contributed by atoms with Crippen LogP contribution in [0.5, 0.6) is 0 Å². The van der Waals surface area contributed by atoms with Gasteiger partial charge in [-0.2, -0.15) is 0 Å². The predicted molar refractivity (Wildman–Crippen MR) is 81.1 cm³/mol. The maximum Gasteiger partial charge on any atom is 0.181 e. The highest BCUT2D eigenvalue weighted by molar-refractivity contribution is 6.30. The van der Waals surface area contributed by atoms with Crippen molar-refractivity contribution in [1.82, 2.24) is 4.90 Å². The average Bonchev–Trinajstić information content (AvgIpc) is 3.28. The lowest BCUT2D eigenvalue weighted by atomic mass is 10.1.